The Kier molecular flexibility index (Phi) is 5.73. The summed E-state index contributed by atoms with van der Waals surface area (Å²) in [4.78, 5) is 0. The Labute approximate surface area is 144 Å². The summed E-state index contributed by atoms with van der Waals surface area (Å²) in [5, 5.41) is 0. The fourth-order valence-electron chi connectivity index (χ4n) is 2.74. The van der Waals surface area contributed by atoms with Gasteiger partial charge in [-0.05, 0) is 24.5 Å². The predicted octanol–water partition coefficient (Wildman–Crippen LogP) is 6.26. The van der Waals surface area contributed by atoms with Gasteiger partial charge in [0.25, 0.3) is 5.95 Å². The molecule has 0 unspecified atom stereocenters. The van der Waals surface area contributed by atoms with Crippen LogP contribution in [0.5, 0.6) is 5.95 Å². The maximum Gasteiger partial charge on any atom is 0.288 e. The lowest BCUT2D eigenvalue weighted by molar-refractivity contribution is 0.231. The van der Waals surface area contributed by atoms with Crippen LogP contribution in [-0.4, -0.2) is 0 Å². The topological polar surface area (TPSA) is 22.4 Å². The maximum atomic E-state index is 6.03. The lowest BCUT2D eigenvalue weighted by atomic mass is 10.1. The Morgan fingerprint density at radius 3 is 2.29 bits per heavy atom. The van der Waals surface area contributed by atoms with E-state index in [9.17, 15) is 0 Å². The van der Waals surface area contributed by atoms with Crippen molar-refractivity contribution in [3.8, 4) is 17.3 Å². The van der Waals surface area contributed by atoms with Gasteiger partial charge in [0.2, 0.25) is 0 Å². The summed E-state index contributed by atoms with van der Waals surface area (Å²) < 4.78 is 12.0. The van der Waals surface area contributed by atoms with E-state index in [0.717, 1.165) is 29.7 Å². The standard InChI is InChI=1S/C22H24O2/c1-2-3-6-15-20-16-21(19-13-9-5-10-14-19)24-22(20)23-17-18-11-7-4-8-12-18/h4-5,7-14,16H,2-3,6,15,17H2,1H3. The summed E-state index contributed by atoms with van der Waals surface area (Å²) >= 11 is 0. The second kappa shape index (κ2) is 8.39. The predicted molar refractivity (Wildman–Crippen MR) is 98.1 cm³/mol. The molecule has 0 saturated heterocycles. The number of rotatable bonds is 8. The number of benzene rings is 2. The molecule has 124 valence electrons. The third kappa shape index (κ3) is 4.29. The van der Waals surface area contributed by atoms with Gasteiger partial charge < -0.3 is 9.15 Å². The smallest absolute Gasteiger partial charge is 0.288 e. The van der Waals surface area contributed by atoms with Gasteiger partial charge in [0, 0.05) is 11.1 Å². The first-order valence-corrected chi connectivity index (χ1v) is 8.71. The molecule has 0 bridgehead atoms. The first kappa shape index (κ1) is 16.4. The van der Waals surface area contributed by atoms with Crippen molar-refractivity contribution in [2.24, 2.45) is 0 Å². The van der Waals surface area contributed by atoms with Crippen LogP contribution in [0, 0.1) is 0 Å². The van der Waals surface area contributed by atoms with Crippen LogP contribution < -0.4 is 4.74 Å². The molecule has 2 nitrogen and oxygen atoms in total. The summed E-state index contributed by atoms with van der Waals surface area (Å²) in [5.41, 5.74) is 3.40. The van der Waals surface area contributed by atoms with E-state index in [4.69, 9.17) is 9.15 Å². The lowest BCUT2D eigenvalue weighted by Crippen LogP contribution is -1.96. The number of ether oxygens (including phenoxy) is 1. The molecule has 0 aliphatic carbocycles. The van der Waals surface area contributed by atoms with E-state index in [1.54, 1.807) is 0 Å². The summed E-state index contributed by atoms with van der Waals surface area (Å²) in [6.07, 6.45) is 4.59. The van der Waals surface area contributed by atoms with Crippen LogP contribution in [0.25, 0.3) is 11.3 Å². The minimum Gasteiger partial charge on any atom is -0.460 e. The average Bonchev–Trinajstić information content (AvgIpc) is 3.05. The van der Waals surface area contributed by atoms with Crippen LogP contribution in [-0.2, 0) is 13.0 Å². The highest BCUT2D eigenvalue weighted by atomic mass is 16.6. The maximum absolute atomic E-state index is 6.03. The van der Waals surface area contributed by atoms with E-state index in [1.807, 2.05) is 36.4 Å². The quantitative estimate of drug-likeness (QED) is 0.457. The van der Waals surface area contributed by atoms with E-state index < -0.39 is 0 Å². The molecule has 1 heterocycles. The van der Waals surface area contributed by atoms with E-state index in [1.165, 1.54) is 18.4 Å². The van der Waals surface area contributed by atoms with E-state index in [-0.39, 0.29) is 0 Å². The van der Waals surface area contributed by atoms with Gasteiger partial charge in [-0.1, -0.05) is 80.4 Å². The van der Waals surface area contributed by atoms with E-state index in [0.29, 0.717) is 12.6 Å². The Bertz CT molecular complexity index is 729. The molecule has 0 amide bonds. The Hall–Kier alpha value is -2.48. The molecule has 2 heteroatoms. The Balaban J connectivity index is 1.78. The van der Waals surface area contributed by atoms with Crippen molar-refractivity contribution in [3.05, 3.63) is 77.9 Å². The van der Waals surface area contributed by atoms with Gasteiger partial charge in [0.05, 0.1) is 0 Å². The molecule has 0 aliphatic rings. The van der Waals surface area contributed by atoms with Crippen molar-refractivity contribution >= 4 is 0 Å². The van der Waals surface area contributed by atoms with Gasteiger partial charge in [-0.25, -0.2) is 0 Å². The molecular weight excluding hydrogens is 296 g/mol. The molecule has 1 aromatic heterocycles. The summed E-state index contributed by atoms with van der Waals surface area (Å²) in [5.74, 6) is 1.54. The third-order valence-electron chi connectivity index (χ3n) is 4.09. The molecular formula is C22H24O2. The second-order valence-electron chi connectivity index (χ2n) is 6.02. The highest BCUT2D eigenvalue weighted by Gasteiger charge is 2.14. The van der Waals surface area contributed by atoms with Gasteiger partial charge in [-0.3, -0.25) is 0 Å². The largest absolute Gasteiger partial charge is 0.460 e. The normalized spacial score (nSPS) is 10.7. The molecule has 2 aromatic carbocycles. The lowest BCUT2D eigenvalue weighted by Gasteiger charge is -2.05. The van der Waals surface area contributed by atoms with Crippen molar-refractivity contribution in [2.75, 3.05) is 0 Å². The second-order valence-corrected chi connectivity index (χ2v) is 6.02. The van der Waals surface area contributed by atoms with Crippen LogP contribution in [0.15, 0.2) is 71.1 Å². The van der Waals surface area contributed by atoms with Gasteiger partial charge in [0.1, 0.15) is 12.4 Å². The van der Waals surface area contributed by atoms with Crippen LogP contribution >= 0.6 is 0 Å². The third-order valence-corrected chi connectivity index (χ3v) is 4.09. The van der Waals surface area contributed by atoms with E-state index >= 15 is 0 Å². The number of hydrogen-bond acceptors (Lipinski definition) is 2. The number of aryl methyl sites for hydroxylation is 1. The van der Waals surface area contributed by atoms with Crippen molar-refractivity contribution < 1.29 is 9.15 Å². The number of furan rings is 1. The molecule has 0 aliphatic heterocycles. The van der Waals surface area contributed by atoms with Gasteiger partial charge in [-0.15, -0.1) is 0 Å². The van der Waals surface area contributed by atoms with Crippen LogP contribution in [0.4, 0.5) is 0 Å². The Morgan fingerprint density at radius 2 is 1.58 bits per heavy atom. The minimum absolute atomic E-state index is 0.531. The van der Waals surface area contributed by atoms with Gasteiger partial charge >= 0.3 is 0 Å². The molecule has 24 heavy (non-hydrogen) atoms. The fraction of sp³-hybridized carbons (Fsp3) is 0.273. The average molecular weight is 320 g/mol. The van der Waals surface area contributed by atoms with Crippen LogP contribution in [0.3, 0.4) is 0 Å². The molecule has 0 saturated carbocycles. The zero-order chi connectivity index (χ0) is 16.6. The highest BCUT2D eigenvalue weighted by molar-refractivity contribution is 5.59. The molecule has 0 N–H and O–H groups in total. The SMILES string of the molecule is CCCCCc1cc(-c2ccccc2)oc1OCc1ccccc1. The minimum atomic E-state index is 0.531. The van der Waals surface area contributed by atoms with Crippen molar-refractivity contribution in [1.82, 2.24) is 0 Å². The first-order chi connectivity index (χ1) is 11.9. The molecule has 0 radical (unpaired) electrons. The van der Waals surface area contributed by atoms with Crippen molar-refractivity contribution in [3.63, 3.8) is 0 Å². The number of hydrogen-bond donors (Lipinski definition) is 0. The molecule has 0 atom stereocenters. The first-order valence-electron chi connectivity index (χ1n) is 8.71. The molecule has 3 rings (SSSR count). The zero-order valence-corrected chi connectivity index (χ0v) is 14.2. The van der Waals surface area contributed by atoms with Crippen LogP contribution in [0.1, 0.15) is 37.3 Å². The van der Waals surface area contributed by atoms with Gasteiger partial charge in [-0.2, -0.15) is 0 Å². The van der Waals surface area contributed by atoms with Gasteiger partial charge in [0.15, 0.2) is 0 Å². The summed E-state index contributed by atoms with van der Waals surface area (Å²) in [6.45, 7) is 2.75. The monoisotopic (exact) mass is 320 g/mol. The summed E-state index contributed by atoms with van der Waals surface area (Å²) in [6, 6.07) is 22.5. The Morgan fingerprint density at radius 1 is 0.875 bits per heavy atom. The zero-order valence-electron chi connectivity index (χ0n) is 14.2. The van der Waals surface area contributed by atoms with Crippen molar-refractivity contribution in [1.29, 1.82) is 0 Å². The highest BCUT2D eigenvalue weighted by Crippen LogP contribution is 2.32. The molecule has 0 fully saturated rings. The molecule has 3 aromatic rings. The molecule has 0 spiro atoms. The summed E-state index contributed by atoms with van der Waals surface area (Å²) in [7, 11) is 0. The fourth-order valence-corrected chi connectivity index (χ4v) is 2.74. The van der Waals surface area contributed by atoms with E-state index in [2.05, 4.69) is 37.3 Å². The van der Waals surface area contributed by atoms with Crippen LogP contribution in [0.2, 0.25) is 0 Å². The number of unbranched alkanes of at least 4 members (excludes halogenated alkanes) is 2. The van der Waals surface area contributed by atoms with Crippen molar-refractivity contribution in [2.45, 2.75) is 39.2 Å².